The number of hydrogen-bond donors (Lipinski definition) is 2. The van der Waals surface area contributed by atoms with Crippen LogP contribution in [0.15, 0.2) is 84.3 Å². The average Bonchev–Trinajstić information content (AvgIpc) is 2.81. The number of hydrogen-bond acceptors (Lipinski definition) is 5. The van der Waals surface area contributed by atoms with Crippen molar-refractivity contribution in [1.29, 1.82) is 0 Å². The second-order valence-electron chi connectivity index (χ2n) is 7.14. The van der Waals surface area contributed by atoms with Crippen LogP contribution in [0.25, 0.3) is 6.08 Å². The number of carbonyl (C=O) groups is 2. The zero-order chi connectivity index (χ0) is 25.5. The second-order valence-corrected chi connectivity index (χ2v) is 8.71. The Hall–Kier alpha value is -4.12. The molecule has 182 valence electrons. The van der Waals surface area contributed by atoms with Crippen molar-refractivity contribution in [2.75, 3.05) is 16.6 Å². The van der Waals surface area contributed by atoms with Crippen LogP contribution in [0.1, 0.15) is 21.5 Å². The van der Waals surface area contributed by atoms with E-state index in [1.54, 1.807) is 30.3 Å². The molecule has 0 radical (unpaired) electrons. The average molecular weight is 504 g/mol. The Morgan fingerprint density at radius 3 is 2.29 bits per heavy atom. The Morgan fingerprint density at radius 2 is 1.57 bits per heavy atom. The molecule has 7 nitrogen and oxygen atoms in total. The van der Waals surface area contributed by atoms with Crippen LogP contribution in [-0.2, 0) is 25.7 Å². The molecule has 0 heterocycles. The molecule has 35 heavy (non-hydrogen) atoms. The molecule has 0 aliphatic carbocycles. The predicted octanol–water partition coefficient (Wildman–Crippen LogP) is 4.91. The van der Waals surface area contributed by atoms with Crippen molar-refractivity contribution < 1.29 is 35.9 Å². The fraction of sp³-hybridized carbons (Fsp3) is 0.0833. The van der Waals surface area contributed by atoms with Crippen LogP contribution in [0.3, 0.4) is 0 Å². The Morgan fingerprint density at radius 1 is 0.886 bits per heavy atom. The molecule has 0 bridgehead atoms. The van der Waals surface area contributed by atoms with Crippen LogP contribution in [0.2, 0.25) is 0 Å². The lowest BCUT2D eigenvalue weighted by molar-refractivity contribution is -0.137. The lowest BCUT2D eigenvalue weighted by atomic mass is 10.2. The molecule has 3 rings (SSSR count). The SMILES string of the molecule is O=C(COC(=O)c1cccc(NS(=O)(=O)/C=C/c2ccccc2)c1)Nc1cccc(C(F)(F)F)c1. The van der Waals surface area contributed by atoms with Crippen molar-refractivity contribution in [3.05, 3.63) is 101 Å². The van der Waals surface area contributed by atoms with Crippen molar-refractivity contribution in [3.63, 3.8) is 0 Å². The van der Waals surface area contributed by atoms with E-state index in [0.29, 0.717) is 5.56 Å². The summed E-state index contributed by atoms with van der Waals surface area (Å²) in [6.45, 7) is -0.759. The Balaban J connectivity index is 1.58. The molecular weight excluding hydrogens is 485 g/mol. The van der Waals surface area contributed by atoms with E-state index in [1.165, 1.54) is 36.4 Å². The van der Waals surface area contributed by atoms with Gasteiger partial charge in [0, 0.05) is 11.4 Å². The summed E-state index contributed by atoms with van der Waals surface area (Å²) in [5.41, 5.74) is -0.320. The van der Waals surface area contributed by atoms with Gasteiger partial charge in [0.2, 0.25) is 0 Å². The number of anilines is 2. The lowest BCUT2D eigenvalue weighted by Crippen LogP contribution is -2.21. The molecule has 0 fully saturated rings. The number of benzene rings is 3. The van der Waals surface area contributed by atoms with Crippen molar-refractivity contribution in [3.8, 4) is 0 Å². The second kappa shape index (κ2) is 10.9. The first-order valence-electron chi connectivity index (χ1n) is 10.0. The maximum absolute atomic E-state index is 12.8. The highest BCUT2D eigenvalue weighted by atomic mass is 32.2. The third kappa shape index (κ3) is 8.00. The Bertz CT molecular complexity index is 1340. The number of halogens is 3. The van der Waals surface area contributed by atoms with E-state index in [0.717, 1.165) is 23.6 Å². The first-order chi connectivity index (χ1) is 16.5. The summed E-state index contributed by atoms with van der Waals surface area (Å²) in [6, 6.07) is 18.2. The highest BCUT2D eigenvalue weighted by molar-refractivity contribution is 7.95. The molecule has 11 heteroatoms. The van der Waals surface area contributed by atoms with Gasteiger partial charge in [-0.1, -0.05) is 42.5 Å². The molecule has 3 aromatic rings. The number of amides is 1. The van der Waals surface area contributed by atoms with Gasteiger partial charge < -0.3 is 10.1 Å². The van der Waals surface area contributed by atoms with Crippen LogP contribution < -0.4 is 10.0 Å². The lowest BCUT2D eigenvalue weighted by Gasteiger charge is -2.10. The number of esters is 1. The van der Waals surface area contributed by atoms with Crippen LogP contribution in [-0.4, -0.2) is 26.9 Å². The summed E-state index contributed by atoms with van der Waals surface area (Å²) in [7, 11) is -3.88. The number of alkyl halides is 3. The van der Waals surface area contributed by atoms with Crippen LogP contribution >= 0.6 is 0 Å². The van der Waals surface area contributed by atoms with Crippen molar-refractivity contribution in [2.24, 2.45) is 0 Å². The Labute approximate surface area is 199 Å². The van der Waals surface area contributed by atoms with E-state index in [9.17, 15) is 31.2 Å². The van der Waals surface area contributed by atoms with Gasteiger partial charge in [-0.15, -0.1) is 0 Å². The molecule has 2 N–H and O–H groups in total. The zero-order valence-electron chi connectivity index (χ0n) is 18.0. The van der Waals surface area contributed by atoms with Gasteiger partial charge in [-0.3, -0.25) is 9.52 Å². The van der Waals surface area contributed by atoms with E-state index in [4.69, 9.17) is 4.74 Å². The molecule has 0 spiro atoms. The first kappa shape index (κ1) is 25.5. The normalized spacial score (nSPS) is 11.7. The van der Waals surface area contributed by atoms with Gasteiger partial charge in [-0.05, 0) is 48.0 Å². The monoisotopic (exact) mass is 504 g/mol. The van der Waals surface area contributed by atoms with Crippen LogP contribution in [0, 0.1) is 0 Å². The van der Waals surface area contributed by atoms with E-state index < -0.39 is 40.2 Å². The Kier molecular flexibility index (Phi) is 7.92. The van der Waals surface area contributed by atoms with Crippen LogP contribution in [0.4, 0.5) is 24.5 Å². The summed E-state index contributed by atoms with van der Waals surface area (Å²) in [5, 5.41) is 3.19. The maximum Gasteiger partial charge on any atom is 0.416 e. The molecule has 0 saturated carbocycles. The van der Waals surface area contributed by atoms with Crippen molar-refractivity contribution in [1.82, 2.24) is 0 Å². The molecule has 0 aromatic heterocycles. The number of carbonyl (C=O) groups excluding carboxylic acids is 2. The minimum absolute atomic E-state index is 0.0379. The molecular formula is C24H19F3N2O5S. The van der Waals surface area contributed by atoms with E-state index in [2.05, 4.69) is 10.0 Å². The fourth-order valence-electron chi connectivity index (χ4n) is 2.83. The smallest absolute Gasteiger partial charge is 0.416 e. The summed E-state index contributed by atoms with van der Waals surface area (Å²) in [4.78, 5) is 24.3. The highest BCUT2D eigenvalue weighted by Gasteiger charge is 2.30. The summed E-state index contributed by atoms with van der Waals surface area (Å²) >= 11 is 0. The molecule has 0 unspecified atom stereocenters. The largest absolute Gasteiger partial charge is 0.452 e. The van der Waals surface area contributed by atoms with Gasteiger partial charge in [-0.2, -0.15) is 13.2 Å². The van der Waals surface area contributed by atoms with Gasteiger partial charge in [0.25, 0.3) is 15.9 Å². The predicted molar refractivity (Wildman–Crippen MR) is 125 cm³/mol. The molecule has 0 aliphatic rings. The number of sulfonamides is 1. The molecule has 1 amide bonds. The minimum atomic E-state index is -4.57. The molecule has 0 saturated heterocycles. The fourth-order valence-corrected chi connectivity index (χ4v) is 3.68. The topological polar surface area (TPSA) is 102 Å². The van der Waals surface area contributed by atoms with Gasteiger partial charge in [0.05, 0.1) is 16.5 Å². The summed E-state index contributed by atoms with van der Waals surface area (Å²) < 4.78 is 70.1. The van der Waals surface area contributed by atoms with E-state index in [-0.39, 0.29) is 16.9 Å². The van der Waals surface area contributed by atoms with Gasteiger partial charge in [0.15, 0.2) is 6.61 Å². The third-order valence-electron chi connectivity index (χ3n) is 4.41. The van der Waals surface area contributed by atoms with Gasteiger partial charge >= 0.3 is 12.1 Å². The molecule has 0 aliphatic heterocycles. The molecule has 0 atom stereocenters. The number of rotatable bonds is 8. The number of nitrogens with one attached hydrogen (secondary N) is 2. The third-order valence-corrected chi connectivity index (χ3v) is 5.42. The summed E-state index contributed by atoms with van der Waals surface area (Å²) in [5.74, 6) is -1.77. The van der Waals surface area contributed by atoms with Crippen molar-refractivity contribution in [2.45, 2.75) is 6.18 Å². The van der Waals surface area contributed by atoms with Gasteiger partial charge in [0.1, 0.15) is 0 Å². The maximum atomic E-state index is 12.8. The standard InChI is InChI=1S/C24H19F3N2O5S/c25-24(26,27)19-9-5-10-20(15-19)28-22(30)16-34-23(31)18-8-4-11-21(14-18)29-35(32,33)13-12-17-6-2-1-3-7-17/h1-15,29H,16H2,(H,28,30)/b13-12+. The number of ether oxygens (including phenoxy) is 1. The van der Waals surface area contributed by atoms with Crippen molar-refractivity contribution >= 4 is 39.4 Å². The zero-order valence-corrected chi connectivity index (χ0v) is 18.8. The first-order valence-corrected chi connectivity index (χ1v) is 11.6. The van der Waals surface area contributed by atoms with Crippen LogP contribution in [0.5, 0.6) is 0 Å². The molecule has 3 aromatic carbocycles. The quantitative estimate of drug-likeness (QED) is 0.425. The minimum Gasteiger partial charge on any atom is -0.452 e. The van der Waals surface area contributed by atoms with Gasteiger partial charge in [-0.25, -0.2) is 13.2 Å². The van der Waals surface area contributed by atoms with E-state index >= 15 is 0 Å². The van der Waals surface area contributed by atoms with E-state index in [1.807, 2.05) is 0 Å². The highest BCUT2D eigenvalue weighted by Crippen LogP contribution is 2.30. The summed E-state index contributed by atoms with van der Waals surface area (Å²) in [6.07, 6.45) is -3.17.